The molecule has 0 fully saturated rings. The summed E-state index contributed by atoms with van der Waals surface area (Å²) >= 11 is 0. The molecule has 0 amide bonds. The first-order valence-corrected chi connectivity index (χ1v) is 6.46. The molecule has 0 aliphatic heterocycles. The normalized spacial score (nSPS) is 12.6. The zero-order chi connectivity index (χ0) is 13.0. The molecule has 1 aromatic carbocycles. The summed E-state index contributed by atoms with van der Waals surface area (Å²) in [5.41, 5.74) is 3.76. The van der Waals surface area contributed by atoms with Gasteiger partial charge in [-0.3, -0.25) is 0 Å². The van der Waals surface area contributed by atoms with Gasteiger partial charge in [-0.05, 0) is 25.5 Å². The average molecular weight is 243 g/mol. The third kappa shape index (κ3) is 3.20. The lowest BCUT2D eigenvalue weighted by atomic mass is 10.0. The van der Waals surface area contributed by atoms with Gasteiger partial charge in [0.2, 0.25) is 0 Å². The molecular weight excluding hydrogens is 222 g/mol. The number of hydrogen-bond acceptors (Lipinski definition) is 2. The minimum Gasteiger partial charge on any atom is -0.340 e. The van der Waals surface area contributed by atoms with Gasteiger partial charge < -0.3 is 9.88 Å². The van der Waals surface area contributed by atoms with Crippen LogP contribution in [0.5, 0.6) is 0 Å². The molecule has 3 nitrogen and oxygen atoms in total. The molecule has 3 heteroatoms. The number of hydrogen-bond donors (Lipinski definition) is 1. The van der Waals surface area contributed by atoms with Crippen molar-refractivity contribution in [2.45, 2.75) is 26.3 Å². The second-order valence-electron chi connectivity index (χ2n) is 4.76. The predicted octanol–water partition coefficient (Wildman–Crippen LogP) is 2.62. The zero-order valence-electron chi connectivity index (χ0n) is 11.4. The number of benzene rings is 1. The predicted molar refractivity (Wildman–Crippen MR) is 74.5 cm³/mol. The number of nitrogens with one attached hydrogen (secondary N) is 1. The van der Waals surface area contributed by atoms with Crippen LogP contribution in [0, 0.1) is 6.92 Å². The number of aryl methyl sites for hydroxylation is 2. The van der Waals surface area contributed by atoms with E-state index in [1.807, 2.05) is 17.9 Å². The van der Waals surface area contributed by atoms with Crippen LogP contribution in [-0.4, -0.2) is 16.1 Å². The van der Waals surface area contributed by atoms with E-state index in [-0.39, 0.29) is 0 Å². The number of aromatic nitrogens is 2. The highest BCUT2D eigenvalue weighted by Crippen LogP contribution is 2.17. The molecule has 1 N–H and O–H groups in total. The molecule has 0 aliphatic rings. The van der Waals surface area contributed by atoms with Gasteiger partial charge in [0.1, 0.15) is 0 Å². The first kappa shape index (κ1) is 12.8. The van der Waals surface area contributed by atoms with Crippen molar-refractivity contribution in [1.29, 1.82) is 0 Å². The molecule has 0 spiro atoms. The van der Waals surface area contributed by atoms with Crippen LogP contribution in [0.15, 0.2) is 36.8 Å². The second kappa shape index (κ2) is 5.83. The third-order valence-corrected chi connectivity index (χ3v) is 3.09. The summed E-state index contributed by atoms with van der Waals surface area (Å²) in [6.45, 7) is 5.20. The fraction of sp³-hybridized carbons (Fsp3) is 0.400. The van der Waals surface area contributed by atoms with Gasteiger partial charge in [-0.25, -0.2) is 4.98 Å². The maximum atomic E-state index is 4.45. The maximum Gasteiger partial charge on any atom is 0.0947 e. The lowest BCUT2D eigenvalue weighted by Gasteiger charge is -2.16. The Morgan fingerprint density at radius 1 is 1.28 bits per heavy atom. The van der Waals surface area contributed by atoms with E-state index in [0.717, 1.165) is 18.7 Å². The van der Waals surface area contributed by atoms with Crippen molar-refractivity contribution in [1.82, 2.24) is 14.9 Å². The van der Waals surface area contributed by atoms with E-state index in [1.165, 1.54) is 11.1 Å². The minimum absolute atomic E-state index is 0.291. The highest BCUT2D eigenvalue weighted by atomic mass is 15.0. The van der Waals surface area contributed by atoms with Crippen molar-refractivity contribution in [3.8, 4) is 0 Å². The van der Waals surface area contributed by atoms with E-state index in [0.29, 0.717) is 6.04 Å². The molecular formula is C15H21N3. The van der Waals surface area contributed by atoms with E-state index in [4.69, 9.17) is 0 Å². The summed E-state index contributed by atoms with van der Waals surface area (Å²) in [5, 5.41) is 3.50. The summed E-state index contributed by atoms with van der Waals surface area (Å²) < 4.78 is 1.99. The van der Waals surface area contributed by atoms with Gasteiger partial charge in [0.05, 0.1) is 18.1 Å². The number of likely N-dealkylation sites (N-methyl/N-ethyl adjacent to an activating group) is 1. The average Bonchev–Trinajstić information content (AvgIpc) is 2.78. The monoisotopic (exact) mass is 243 g/mol. The summed E-state index contributed by atoms with van der Waals surface area (Å²) in [6.07, 6.45) is 4.92. The zero-order valence-corrected chi connectivity index (χ0v) is 11.4. The van der Waals surface area contributed by atoms with Crippen molar-refractivity contribution in [3.05, 3.63) is 53.6 Å². The molecule has 1 atom stereocenters. The first-order valence-electron chi connectivity index (χ1n) is 6.46. The maximum absolute atomic E-state index is 4.45. The van der Waals surface area contributed by atoms with Crippen molar-refractivity contribution in [2.75, 3.05) is 6.54 Å². The third-order valence-electron chi connectivity index (χ3n) is 3.09. The topological polar surface area (TPSA) is 29.9 Å². The minimum atomic E-state index is 0.291. The first-order chi connectivity index (χ1) is 8.69. The Balaban J connectivity index is 2.13. The van der Waals surface area contributed by atoms with Crippen molar-refractivity contribution in [2.24, 2.45) is 7.05 Å². The standard InChI is InChI=1S/C15H21N3/c1-4-16-14(15-10-18(3)11-17-15)9-13-7-5-12(2)6-8-13/h5-8,10-11,14,16H,4,9H2,1-3H3. The van der Waals surface area contributed by atoms with E-state index < -0.39 is 0 Å². The molecule has 0 radical (unpaired) electrons. The van der Waals surface area contributed by atoms with Gasteiger partial charge in [-0.2, -0.15) is 0 Å². The Labute approximate surface area is 109 Å². The highest BCUT2D eigenvalue weighted by Gasteiger charge is 2.13. The van der Waals surface area contributed by atoms with Crippen LogP contribution in [0.1, 0.15) is 29.8 Å². The van der Waals surface area contributed by atoms with Crippen LogP contribution < -0.4 is 5.32 Å². The van der Waals surface area contributed by atoms with Crippen LogP contribution in [0.4, 0.5) is 0 Å². The summed E-state index contributed by atoms with van der Waals surface area (Å²) in [4.78, 5) is 4.45. The van der Waals surface area contributed by atoms with Gasteiger partial charge in [0.15, 0.2) is 0 Å². The number of rotatable bonds is 5. The van der Waals surface area contributed by atoms with Gasteiger partial charge in [0.25, 0.3) is 0 Å². The molecule has 1 aromatic heterocycles. The van der Waals surface area contributed by atoms with E-state index >= 15 is 0 Å². The van der Waals surface area contributed by atoms with Gasteiger partial charge in [-0.15, -0.1) is 0 Å². The molecule has 18 heavy (non-hydrogen) atoms. The molecule has 0 saturated carbocycles. The summed E-state index contributed by atoms with van der Waals surface area (Å²) in [6, 6.07) is 9.01. The summed E-state index contributed by atoms with van der Waals surface area (Å²) in [7, 11) is 2.01. The molecule has 1 unspecified atom stereocenters. The van der Waals surface area contributed by atoms with Crippen LogP contribution in [-0.2, 0) is 13.5 Å². The fourth-order valence-electron chi connectivity index (χ4n) is 2.10. The van der Waals surface area contributed by atoms with Gasteiger partial charge >= 0.3 is 0 Å². The molecule has 2 aromatic rings. The Morgan fingerprint density at radius 3 is 2.56 bits per heavy atom. The van der Waals surface area contributed by atoms with Gasteiger partial charge in [0, 0.05) is 13.2 Å². The molecule has 0 bridgehead atoms. The van der Waals surface area contributed by atoms with Crippen LogP contribution in [0.25, 0.3) is 0 Å². The van der Waals surface area contributed by atoms with Crippen molar-refractivity contribution >= 4 is 0 Å². The van der Waals surface area contributed by atoms with E-state index in [1.54, 1.807) is 0 Å². The quantitative estimate of drug-likeness (QED) is 0.875. The Bertz CT molecular complexity index is 485. The van der Waals surface area contributed by atoms with Crippen LogP contribution in [0.2, 0.25) is 0 Å². The van der Waals surface area contributed by atoms with Crippen molar-refractivity contribution in [3.63, 3.8) is 0 Å². The van der Waals surface area contributed by atoms with E-state index in [2.05, 4.69) is 54.6 Å². The number of nitrogens with zero attached hydrogens (tertiary/aromatic N) is 2. The molecule has 1 heterocycles. The van der Waals surface area contributed by atoms with E-state index in [9.17, 15) is 0 Å². The Morgan fingerprint density at radius 2 is 2.00 bits per heavy atom. The largest absolute Gasteiger partial charge is 0.340 e. The lowest BCUT2D eigenvalue weighted by molar-refractivity contribution is 0.538. The van der Waals surface area contributed by atoms with Crippen LogP contribution >= 0.6 is 0 Å². The summed E-state index contributed by atoms with van der Waals surface area (Å²) in [5.74, 6) is 0. The SMILES string of the molecule is CCNC(Cc1ccc(C)cc1)c1cn(C)cn1. The van der Waals surface area contributed by atoms with Crippen molar-refractivity contribution < 1.29 is 0 Å². The molecule has 0 aliphatic carbocycles. The molecule has 96 valence electrons. The number of imidazole rings is 1. The van der Waals surface area contributed by atoms with Gasteiger partial charge in [-0.1, -0.05) is 36.8 Å². The fourth-order valence-corrected chi connectivity index (χ4v) is 2.10. The van der Waals surface area contributed by atoms with Crippen LogP contribution in [0.3, 0.4) is 0 Å². The Kier molecular flexibility index (Phi) is 4.15. The molecule has 0 saturated heterocycles. The molecule has 2 rings (SSSR count). The second-order valence-corrected chi connectivity index (χ2v) is 4.76. The highest BCUT2D eigenvalue weighted by molar-refractivity contribution is 5.23. The smallest absolute Gasteiger partial charge is 0.0947 e. The lowest BCUT2D eigenvalue weighted by Crippen LogP contribution is -2.23. The Hall–Kier alpha value is -1.61.